The van der Waals surface area contributed by atoms with E-state index in [1.165, 1.54) is 12.5 Å². The van der Waals surface area contributed by atoms with E-state index in [0.717, 1.165) is 49.5 Å². The Bertz CT molecular complexity index is 997. The van der Waals surface area contributed by atoms with Crippen LogP contribution in [-0.2, 0) is 16.1 Å². The van der Waals surface area contributed by atoms with Crippen molar-refractivity contribution in [2.45, 2.75) is 58.3 Å². The SMILES string of the molecule is CC(=O)NCC(=O)N1CCC2(CC1)CCN(Cc1ccc(OC(C)C)cc1)c1ccccc1O2. The molecule has 0 unspecified atom stereocenters. The Hall–Kier alpha value is -3.22. The molecule has 0 saturated carbocycles. The number of hydrogen-bond donors (Lipinski definition) is 1. The van der Waals surface area contributed by atoms with E-state index in [4.69, 9.17) is 9.47 Å². The van der Waals surface area contributed by atoms with Gasteiger partial charge in [-0.1, -0.05) is 24.3 Å². The molecule has 0 atom stereocenters. The van der Waals surface area contributed by atoms with Gasteiger partial charge in [-0.2, -0.15) is 0 Å². The van der Waals surface area contributed by atoms with E-state index >= 15 is 0 Å². The third kappa shape index (κ3) is 5.82. The molecule has 2 aromatic rings. The Morgan fingerprint density at radius 3 is 2.38 bits per heavy atom. The number of nitrogens with zero attached hydrogens (tertiary/aromatic N) is 2. The predicted molar refractivity (Wildman–Crippen MR) is 132 cm³/mol. The molecule has 0 radical (unpaired) electrons. The Balaban J connectivity index is 1.44. The smallest absolute Gasteiger partial charge is 0.241 e. The summed E-state index contributed by atoms with van der Waals surface area (Å²) in [6.07, 6.45) is 2.61. The molecule has 0 aliphatic carbocycles. The van der Waals surface area contributed by atoms with Gasteiger partial charge < -0.3 is 24.6 Å². The zero-order valence-corrected chi connectivity index (χ0v) is 20.4. The van der Waals surface area contributed by atoms with Gasteiger partial charge >= 0.3 is 0 Å². The number of para-hydroxylation sites is 2. The Kier molecular flexibility index (Phi) is 7.29. The average Bonchev–Trinajstić information content (AvgIpc) is 2.96. The van der Waals surface area contributed by atoms with Gasteiger partial charge in [0.05, 0.1) is 18.3 Å². The summed E-state index contributed by atoms with van der Waals surface area (Å²) in [7, 11) is 0. The molecule has 1 spiro atoms. The molecular formula is C27H35N3O4. The molecule has 2 aliphatic rings. The molecule has 2 aromatic carbocycles. The minimum absolute atomic E-state index is 0.0365. The maximum Gasteiger partial charge on any atom is 0.241 e. The van der Waals surface area contributed by atoms with Crippen LogP contribution in [0.25, 0.3) is 0 Å². The normalized spacial score (nSPS) is 17.1. The summed E-state index contributed by atoms with van der Waals surface area (Å²) < 4.78 is 12.5. The number of carbonyl (C=O) groups is 2. The summed E-state index contributed by atoms with van der Waals surface area (Å²) in [6, 6.07) is 16.5. The second kappa shape index (κ2) is 10.4. The number of benzene rings is 2. The van der Waals surface area contributed by atoms with E-state index in [0.29, 0.717) is 13.1 Å². The van der Waals surface area contributed by atoms with Crippen molar-refractivity contribution >= 4 is 17.5 Å². The number of anilines is 1. The first-order chi connectivity index (χ1) is 16.3. The van der Waals surface area contributed by atoms with Crippen molar-refractivity contribution in [3.8, 4) is 11.5 Å². The lowest BCUT2D eigenvalue weighted by atomic mass is 9.87. The number of likely N-dealkylation sites (tertiary alicyclic amines) is 1. The maximum absolute atomic E-state index is 12.4. The molecule has 7 nitrogen and oxygen atoms in total. The molecule has 7 heteroatoms. The van der Waals surface area contributed by atoms with Crippen LogP contribution in [0.3, 0.4) is 0 Å². The standard InChI is InChI=1S/C27H35N3O4/c1-20(2)33-23-10-8-22(9-11-23)19-30-17-14-27(34-25-7-5-4-6-24(25)30)12-15-29(16-13-27)26(32)18-28-21(3)31/h4-11,20H,12-19H2,1-3H3,(H,28,31). The average molecular weight is 466 g/mol. The molecule has 2 aliphatic heterocycles. The highest BCUT2D eigenvalue weighted by Gasteiger charge is 2.40. The van der Waals surface area contributed by atoms with Gasteiger partial charge in [-0.25, -0.2) is 0 Å². The summed E-state index contributed by atoms with van der Waals surface area (Å²) in [6.45, 7) is 8.48. The first-order valence-corrected chi connectivity index (χ1v) is 12.1. The summed E-state index contributed by atoms with van der Waals surface area (Å²) in [5, 5.41) is 2.60. The van der Waals surface area contributed by atoms with Crippen LogP contribution in [0, 0.1) is 0 Å². The van der Waals surface area contributed by atoms with Crippen molar-refractivity contribution in [3.63, 3.8) is 0 Å². The van der Waals surface area contributed by atoms with Gasteiger partial charge in [-0.05, 0) is 43.7 Å². The molecule has 4 rings (SSSR count). The predicted octanol–water partition coefficient (Wildman–Crippen LogP) is 3.76. The van der Waals surface area contributed by atoms with Crippen molar-refractivity contribution in [1.82, 2.24) is 10.2 Å². The fourth-order valence-electron chi connectivity index (χ4n) is 4.71. The van der Waals surface area contributed by atoms with Gasteiger partial charge in [0.25, 0.3) is 0 Å². The van der Waals surface area contributed by atoms with Gasteiger partial charge in [0.2, 0.25) is 11.8 Å². The number of amides is 2. The van der Waals surface area contributed by atoms with Gasteiger partial charge in [0, 0.05) is 52.4 Å². The summed E-state index contributed by atoms with van der Waals surface area (Å²) >= 11 is 0. The van der Waals surface area contributed by atoms with Gasteiger partial charge in [0.1, 0.15) is 17.1 Å². The van der Waals surface area contributed by atoms with Crippen LogP contribution in [0.1, 0.15) is 45.6 Å². The summed E-state index contributed by atoms with van der Waals surface area (Å²) in [4.78, 5) is 27.8. The Morgan fingerprint density at radius 2 is 1.71 bits per heavy atom. The minimum Gasteiger partial charge on any atom is -0.491 e. The topological polar surface area (TPSA) is 71.1 Å². The molecule has 1 fully saturated rings. The second-order valence-corrected chi connectivity index (χ2v) is 9.53. The van der Waals surface area contributed by atoms with Crippen LogP contribution >= 0.6 is 0 Å². The zero-order chi connectivity index (χ0) is 24.1. The number of ether oxygens (including phenoxy) is 2. The molecule has 34 heavy (non-hydrogen) atoms. The van der Waals surface area contributed by atoms with Crippen molar-refractivity contribution in [2.75, 3.05) is 31.1 Å². The van der Waals surface area contributed by atoms with E-state index in [9.17, 15) is 9.59 Å². The summed E-state index contributed by atoms with van der Waals surface area (Å²) in [5.74, 6) is 1.56. The van der Waals surface area contributed by atoms with E-state index in [1.54, 1.807) is 0 Å². The molecule has 2 heterocycles. The van der Waals surface area contributed by atoms with Crippen molar-refractivity contribution < 1.29 is 19.1 Å². The highest BCUT2D eigenvalue weighted by molar-refractivity contribution is 5.83. The van der Waals surface area contributed by atoms with E-state index in [2.05, 4.69) is 34.5 Å². The number of fused-ring (bicyclic) bond motifs is 1. The third-order valence-corrected chi connectivity index (χ3v) is 6.55. The lowest BCUT2D eigenvalue weighted by Gasteiger charge is -2.41. The van der Waals surface area contributed by atoms with E-state index in [1.807, 2.05) is 43.0 Å². The summed E-state index contributed by atoms with van der Waals surface area (Å²) in [5.41, 5.74) is 2.04. The first-order valence-electron chi connectivity index (χ1n) is 12.1. The second-order valence-electron chi connectivity index (χ2n) is 9.53. The van der Waals surface area contributed by atoms with E-state index in [-0.39, 0.29) is 30.1 Å². The molecule has 182 valence electrons. The molecule has 2 amide bonds. The van der Waals surface area contributed by atoms with Crippen molar-refractivity contribution in [3.05, 3.63) is 54.1 Å². The zero-order valence-electron chi connectivity index (χ0n) is 20.4. The molecule has 1 saturated heterocycles. The largest absolute Gasteiger partial charge is 0.491 e. The number of nitrogens with one attached hydrogen (secondary N) is 1. The highest BCUT2D eigenvalue weighted by atomic mass is 16.5. The lowest BCUT2D eigenvalue weighted by Crippen LogP contribution is -2.52. The number of rotatable bonds is 6. The number of hydrogen-bond acceptors (Lipinski definition) is 5. The third-order valence-electron chi connectivity index (χ3n) is 6.55. The lowest BCUT2D eigenvalue weighted by molar-refractivity contribution is -0.135. The van der Waals surface area contributed by atoms with Crippen LogP contribution in [0.2, 0.25) is 0 Å². The van der Waals surface area contributed by atoms with Crippen molar-refractivity contribution in [1.29, 1.82) is 0 Å². The fraction of sp³-hybridized carbons (Fsp3) is 0.481. The van der Waals surface area contributed by atoms with Crippen LogP contribution in [0.15, 0.2) is 48.5 Å². The number of piperidine rings is 1. The van der Waals surface area contributed by atoms with Crippen LogP contribution < -0.4 is 19.7 Å². The van der Waals surface area contributed by atoms with Crippen LogP contribution in [-0.4, -0.2) is 54.6 Å². The molecule has 0 aromatic heterocycles. The fourth-order valence-corrected chi connectivity index (χ4v) is 4.71. The Labute approximate surface area is 202 Å². The monoisotopic (exact) mass is 465 g/mol. The molecule has 0 bridgehead atoms. The van der Waals surface area contributed by atoms with Crippen LogP contribution in [0.5, 0.6) is 11.5 Å². The maximum atomic E-state index is 12.4. The van der Waals surface area contributed by atoms with Crippen LogP contribution in [0.4, 0.5) is 5.69 Å². The highest BCUT2D eigenvalue weighted by Crippen LogP contribution is 2.41. The minimum atomic E-state index is -0.287. The Morgan fingerprint density at radius 1 is 1.03 bits per heavy atom. The molecular weight excluding hydrogens is 430 g/mol. The number of carbonyl (C=O) groups excluding carboxylic acids is 2. The molecule has 1 N–H and O–H groups in total. The van der Waals surface area contributed by atoms with Gasteiger partial charge in [-0.3, -0.25) is 9.59 Å². The van der Waals surface area contributed by atoms with E-state index < -0.39 is 0 Å². The first kappa shape index (κ1) is 23.9. The quantitative estimate of drug-likeness (QED) is 0.703. The van der Waals surface area contributed by atoms with Gasteiger partial charge in [-0.15, -0.1) is 0 Å². The van der Waals surface area contributed by atoms with Gasteiger partial charge in [0.15, 0.2) is 0 Å². The van der Waals surface area contributed by atoms with Crippen molar-refractivity contribution in [2.24, 2.45) is 0 Å².